The van der Waals surface area contributed by atoms with Gasteiger partial charge in [0.05, 0.1) is 43.2 Å². The third-order valence-electron chi connectivity index (χ3n) is 23.9. The minimum Gasteiger partial charge on any atom is -0.410 e. The monoisotopic (exact) mass is 1310 g/mol. The Hall–Kier alpha value is -1.53. The minimum absolute atomic E-state index is 0.0351. The van der Waals surface area contributed by atoms with Gasteiger partial charge in [-0.05, 0) is 241 Å². The van der Waals surface area contributed by atoms with Gasteiger partial charge in [-0.3, -0.25) is 0 Å². The van der Waals surface area contributed by atoms with E-state index >= 15 is 0 Å². The molecule has 0 amide bonds. The smallest absolute Gasteiger partial charge is 0.192 e. The van der Waals surface area contributed by atoms with E-state index in [9.17, 15) is 15.3 Å². The zero-order valence-electron chi connectivity index (χ0n) is 62.7. The average molecular weight is 1310 g/mol. The zero-order chi connectivity index (χ0) is 67.6. The van der Waals surface area contributed by atoms with Gasteiger partial charge in [0.1, 0.15) is 13.6 Å². The summed E-state index contributed by atoms with van der Waals surface area (Å²) in [7, 11) is -0.821. The van der Waals surface area contributed by atoms with E-state index in [1.165, 1.54) is 114 Å². The molecule has 4 unspecified atom stereocenters. The SMILES string of the molecule is C1CCOC1.COCOCCC=C1[C@H](O)CC(=C/C=C2\CCC[C@@]3(C)C2CCC3[C@H](C)CCCC(C)(C)O)C[C@H]1O.COCOCCC=C1[C@H](O[Si](C)(C)C(C)(C)C)CC(=C/C=C2\CCC[C@@]3(C)C2CCC3[C@H](C)CCCC(C)(C)C)C[C@H]1O[Si](C)(C)C(C)(C)C. The maximum Gasteiger partial charge on any atom is 0.192 e. The molecule has 0 spiro atoms. The maximum atomic E-state index is 10.7. The molecule has 10 nitrogen and oxygen atoms in total. The minimum atomic E-state index is -2.05. The van der Waals surface area contributed by atoms with Crippen molar-refractivity contribution in [2.24, 2.45) is 51.8 Å². The predicted molar refractivity (Wildman–Crippen MR) is 386 cm³/mol. The summed E-state index contributed by atoms with van der Waals surface area (Å²) >= 11 is 0. The molecular formula is C79H142O10Si2. The lowest BCUT2D eigenvalue weighted by atomic mass is 9.60. The molecule has 7 aliphatic rings. The molecule has 0 aromatic heterocycles. The van der Waals surface area contributed by atoms with E-state index in [0.717, 1.165) is 80.1 Å². The summed E-state index contributed by atoms with van der Waals surface area (Å²) in [5.41, 5.74) is 8.67. The predicted octanol–water partition coefficient (Wildman–Crippen LogP) is 20.3. The van der Waals surface area contributed by atoms with Crippen LogP contribution in [0.25, 0.3) is 0 Å². The van der Waals surface area contributed by atoms with E-state index in [-0.39, 0.29) is 29.1 Å². The van der Waals surface area contributed by atoms with Crippen LogP contribution in [-0.2, 0) is 32.5 Å². The van der Waals surface area contributed by atoms with Gasteiger partial charge in [-0.1, -0.05) is 174 Å². The van der Waals surface area contributed by atoms with Crippen molar-refractivity contribution in [1.29, 1.82) is 0 Å². The van der Waals surface area contributed by atoms with Gasteiger partial charge in [-0.2, -0.15) is 0 Å². The van der Waals surface area contributed by atoms with Crippen LogP contribution in [0.1, 0.15) is 258 Å². The van der Waals surface area contributed by atoms with Crippen LogP contribution in [0.15, 0.2) is 69.9 Å². The second kappa shape index (κ2) is 35.8. The highest BCUT2D eigenvalue weighted by molar-refractivity contribution is 6.74. The summed E-state index contributed by atoms with van der Waals surface area (Å²) in [6.45, 7) is 48.7. The second-order valence-corrected chi connectivity index (χ2v) is 44.5. The lowest BCUT2D eigenvalue weighted by molar-refractivity contribution is -0.0288. The number of hydrogen-bond donors (Lipinski definition) is 3. The van der Waals surface area contributed by atoms with Crippen molar-refractivity contribution in [1.82, 2.24) is 0 Å². The van der Waals surface area contributed by atoms with E-state index < -0.39 is 34.4 Å². The van der Waals surface area contributed by atoms with Crippen molar-refractivity contribution < 1.29 is 47.9 Å². The van der Waals surface area contributed by atoms with Crippen molar-refractivity contribution in [3.8, 4) is 0 Å². The Morgan fingerprint density at radius 3 is 1.34 bits per heavy atom. The highest BCUT2D eigenvalue weighted by Crippen LogP contribution is 2.61. The number of hydrogen-bond acceptors (Lipinski definition) is 10. The molecule has 0 bridgehead atoms. The fraction of sp³-hybridized carbons (Fsp3) is 0.848. The standard InChI is InChI=1S/C44H82O4Si2.C31H52O5.C4H8O/c1-33(20-17-27-41(2,3)4)37-25-26-38-35(21-18-28-44(37,38)11)24-23-34-30-39(47-49(13,14)42(5,6)7)36(22-19-29-46-32-45-12)40(31-34)48-50(15,16)43(8,9)10;1-22(9-6-16-30(2,3)34)26-14-15-27-24(10-7-17-31(26,27)4)13-12-23-19-28(32)25(29(33)20-23)11-8-18-36-21-35-5;1-2-4-5-3-1/h22-24,33,37-40H,17-21,25-32H2,1-16H3;11-13,22,26-29,32-34H,6-10,14-21H2,1-5H3;1-4H2/b34-23?,35-24+,36-22?;23-12?,24-13+,25-11?;/t33-,37?,38?,39-,40-,44-;22-,26?,27?,28-,29-,31-;/m11./s1. The van der Waals surface area contributed by atoms with E-state index in [1.807, 2.05) is 19.9 Å². The molecule has 12 atom stereocenters. The summed E-state index contributed by atoms with van der Waals surface area (Å²) in [5.74, 6) is 4.48. The third kappa shape index (κ3) is 24.2. The Labute approximate surface area is 561 Å². The van der Waals surface area contributed by atoms with Crippen LogP contribution in [0.4, 0.5) is 0 Å². The first-order valence-electron chi connectivity index (χ1n) is 36.8. The highest BCUT2D eigenvalue weighted by Gasteiger charge is 2.52. The lowest BCUT2D eigenvalue weighted by Gasteiger charge is -2.46. The molecule has 12 heteroatoms. The van der Waals surface area contributed by atoms with Crippen molar-refractivity contribution in [2.45, 2.75) is 324 Å². The number of ether oxygens (including phenoxy) is 5. The van der Waals surface area contributed by atoms with Crippen LogP contribution in [0.3, 0.4) is 0 Å². The van der Waals surface area contributed by atoms with Crippen LogP contribution >= 0.6 is 0 Å². The number of allylic oxidation sites excluding steroid dienone is 6. The number of methoxy groups -OCH3 is 2. The lowest BCUT2D eigenvalue weighted by Crippen LogP contribution is -2.50. The number of fused-ring (bicyclic) bond motifs is 2. The van der Waals surface area contributed by atoms with Gasteiger partial charge < -0.3 is 47.9 Å². The molecule has 3 N–H and O–H groups in total. The number of aliphatic hydroxyl groups is 3. The van der Waals surface area contributed by atoms with Gasteiger partial charge in [-0.15, -0.1) is 0 Å². The third-order valence-corrected chi connectivity index (χ3v) is 32.8. The Bertz CT molecular complexity index is 2300. The molecule has 1 saturated heterocycles. The molecule has 6 aliphatic carbocycles. The molecule has 7 rings (SSSR count). The molecule has 0 radical (unpaired) electrons. The summed E-state index contributed by atoms with van der Waals surface area (Å²) < 4.78 is 40.7. The molecule has 7 fully saturated rings. The molecule has 1 aliphatic heterocycles. The first-order valence-corrected chi connectivity index (χ1v) is 42.6. The largest absolute Gasteiger partial charge is 0.410 e. The molecule has 91 heavy (non-hydrogen) atoms. The summed E-state index contributed by atoms with van der Waals surface area (Å²) in [6.07, 6.45) is 40.3. The first kappa shape index (κ1) is 80.2. The quantitative estimate of drug-likeness (QED) is 0.0352. The van der Waals surface area contributed by atoms with E-state index in [0.29, 0.717) is 67.3 Å². The highest BCUT2D eigenvalue weighted by atomic mass is 28.4. The number of rotatable bonds is 25. The Balaban J connectivity index is 0.000000319. The fourth-order valence-corrected chi connectivity index (χ4v) is 19.2. The van der Waals surface area contributed by atoms with E-state index in [2.05, 4.69) is 147 Å². The van der Waals surface area contributed by atoms with Gasteiger partial charge in [0.2, 0.25) is 0 Å². The summed E-state index contributed by atoms with van der Waals surface area (Å²) in [5, 5.41) is 31.7. The van der Waals surface area contributed by atoms with Gasteiger partial charge >= 0.3 is 0 Å². The van der Waals surface area contributed by atoms with Crippen LogP contribution in [0.5, 0.6) is 0 Å². The first-order chi connectivity index (χ1) is 42.5. The molecular weight excluding hydrogens is 1170 g/mol. The fourth-order valence-electron chi connectivity index (χ4n) is 16.6. The van der Waals surface area contributed by atoms with Crippen molar-refractivity contribution >= 4 is 16.6 Å². The van der Waals surface area contributed by atoms with Gasteiger partial charge in [0.25, 0.3) is 0 Å². The topological polar surface area (TPSA) is 125 Å². The molecule has 526 valence electrons. The van der Waals surface area contributed by atoms with Gasteiger partial charge in [0.15, 0.2) is 16.6 Å². The maximum absolute atomic E-state index is 10.7. The van der Waals surface area contributed by atoms with Gasteiger partial charge in [0, 0.05) is 27.4 Å². The molecule has 6 saturated carbocycles. The summed E-state index contributed by atoms with van der Waals surface area (Å²) in [4.78, 5) is 0. The Kier molecular flexibility index (Phi) is 31.6. The van der Waals surface area contributed by atoms with Crippen molar-refractivity contribution in [3.05, 3.63) is 69.9 Å². The van der Waals surface area contributed by atoms with Crippen LogP contribution in [0.2, 0.25) is 36.3 Å². The second-order valence-electron chi connectivity index (χ2n) is 35.0. The average Bonchev–Trinajstić information content (AvgIpc) is 1.68. The van der Waals surface area contributed by atoms with Gasteiger partial charge in [-0.25, -0.2) is 0 Å². The van der Waals surface area contributed by atoms with E-state index in [1.54, 1.807) is 25.4 Å². The molecule has 0 aromatic rings. The van der Waals surface area contributed by atoms with Crippen molar-refractivity contribution in [3.63, 3.8) is 0 Å². The van der Waals surface area contributed by atoms with Crippen LogP contribution in [0, 0.1) is 51.8 Å². The zero-order valence-corrected chi connectivity index (χ0v) is 64.7. The summed E-state index contributed by atoms with van der Waals surface area (Å²) in [6, 6.07) is 0. The normalized spacial score (nSPS) is 30.1. The number of aliphatic hydroxyl groups excluding tert-OH is 2. The van der Waals surface area contributed by atoms with E-state index in [4.69, 9.17) is 32.5 Å². The van der Waals surface area contributed by atoms with Crippen molar-refractivity contribution in [2.75, 3.05) is 54.2 Å². The Morgan fingerprint density at radius 1 is 0.560 bits per heavy atom. The Morgan fingerprint density at radius 2 is 0.967 bits per heavy atom. The molecule has 0 aromatic carbocycles. The van der Waals surface area contributed by atoms with Crippen LogP contribution < -0.4 is 0 Å². The van der Waals surface area contributed by atoms with Crippen LogP contribution in [-0.4, -0.2) is 116 Å². The molecule has 1 heterocycles.